The van der Waals surface area contributed by atoms with Gasteiger partial charge >= 0.3 is 0 Å². The molecule has 0 aliphatic heterocycles. The second-order valence-corrected chi connectivity index (χ2v) is 6.55. The maximum absolute atomic E-state index is 2.99. The molecule has 0 saturated heterocycles. The zero-order valence-electron chi connectivity index (χ0n) is 11.5. The molecule has 0 aromatic rings. The third-order valence-electron chi connectivity index (χ3n) is 4.01. The first-order valence-corrected chi connectivity index (χ1v) is 7.41. The van der Waals surface area contributed by atoms with Crippen molar-refractivity contribution in [3.63, 3.8) is 0 Å². The fraction of sp³-hybridized carbons (Fsp3) is 1.00. The van der Waals surface area contributed by atoms with Gasteiger partial charge in [-0.25, -0.2) is 0 Å². The molecular formula is C14H31P. The maximum Gasteiger partial charge on any atom is -0.0264 e. The Kier molecular flexibility index (Phi) is 7.88. The van der Waals surface area contributed by atoms with Gasteiger partial charge in [-0.1, -0.05) is 60.3 Å². The SMILES string of the molecule is CCCCC(C)(CC)CC(CC)C(C)P. The van der Waals surface area contributed by atoms with Crippen molar-refractivity contribution in [1.29, 1.82) is 0 Å². The Hall–Kier alpha value is 0.430. The van der Waals surface area contributed by atoms with Gasteiger partial charge in [-0.15, -0.1) is 9.24 Å². The van der Waals surface area contributed by atoms with E-state index < -0.39 is 0 Å². The molecule has 0 spiro atoms. The van der Waals surface area contributed by atoms with E-state index in [1.807, 2.05) is 0 Å². The third kappa shape index (κ3) is 5.91. The van der Waals surface area contributed by atoms with Gasteiger partial charge in [-0.2, -0.15) is 0 Å². The number of unbranched alkanes of at least 4 members (excludes halogenated alkanes) is 1. The van der Waals surface area contributed by atoms with Crippen LogP contribution in [0.25, 0.3) is 0 Å². The van der Waals surface area contributed by atoms with E-state index in [4.69, 9.17) is 0 Å². The van der Waals surface area contributed by atoms with E-state index in [-0.39, 0.29) is 0 Å². The van der Waals surface area contributed by atoms with Gasteiger partial charge in [0.1, 0.15) is 0 Å². The molecule has 0 aromatic heterocycles. The summed E-state index contributed by atoms with van der Waals surface area (Å²) in [6.45, 7) is 11.8. The predicted octanol–water partition coefficient (Wildman–Crippen LogP) is 5.27. The molecule has 0 fully saturated rings. The average Bonchev–Trinajstić information content (AvgIpc) is 2.22. The monoisotopic (exact) mass is 230 g/mol. The van der Waals surface area contributed by atoms with E-state index in [0.717, 1.165) is 11.6 Å². The molecule has 15 heavy (non-hydrogen) atoms. The minimum absolute atomic E-state index is 0.585. The van der Waals surface area contributed by atoms with Crippen molar-refractivity contribution in [2.75, 3.05) is 0 Å². The van der Waals surface area contributed by atoms with Crippen LogP contribution in [0.4, 0.5) is 0 Å². The molecule has 0 aliphatic rings. The smallest absolute Gasteiger partial charge is 0.0264 e. The highest BCUT2D eigenvalue weighted by Crippen LogP contribution is 2.38. The van der Waals surface area contributed by atoms with Crippen molar-refractivity contribution in [2.24, 2.45) is 11.3 Å². The molecule has 0 heterocycles. The van der Waals surface area contributed by atoms with Gasteiger partial charge in [-0.3, -0.25) is 0 Å². The zero-order chi connectivity index (χ0) is 11.9. The van der Waals surface area contributed by atoms with Gasteiger partial charge in [0.05, 0.1) is 0 Å². The lowest BCUT2D eigenvalue weighted by atomic mass is 9.74. The van der Waals surface area contributed by atoms with Crippen LogP contribution in [-0.2, 0) is 0 Å². The number of hydrogen-bond donors (Lipinski definition) is 0. The predicted molar refractivity (Wildman–Crippen MR) is 75.5 cm³/mol. The summed E-state index contributed by atoms with van der Waals surface area (Å²) in [6.07, 6.45) is 8.21. The minimum Gasteiger partial charge on any atom is -0.134 e. The van der Waals surface area contributed by atoms with Crippen LogP contribution in [-0.4, -0.2) is 5.66 Å². The molecule has 0 radical (unpaired) electrons. The average molecular weight is 230 g/mol. The van der Waals surface area contributed by atoms with Crippen LogP contribution in [0.1, 0.15) is 73.1 Å². The van der Waals surface area contributed by atoms with Crippen LogP contribution >= 0.6 is 9.24 Å². The first-order chi connectivity index (χ1) is 6.99. The van der Waals surface area contributed by atoms with Crippen LogP contribution in [0.2, 0.25) is 0 Å². The summed E-state index contributed by atoms with van der Waals surface area (Å²) in [5.74, 6) is 0.886. The van der Waals surface area contributed by atoms with E-state index in [9.17, 15) is 0 Å². The van der Waals surface area contributed by atoms with Crippen molar-refractivity contribution >= 4 is 9.24 Å². The van der Waals surface area contributed by atoms with Crippen molar-refractivity contribution in [1.82, 2.24) is 0 Å². The summed E-state index contributed by atoms with van der Waals surface area (Å²) in [4.78, 5) is 0. The van der Waals surface area contributed by atoms with Gasteiger partial charge in [0.15, 0.2) is 0 Å². The fourth-order valence-corrected chi connectivity index (χ4v) is 2.77. The summed E-state index contributed by atoms with van der Waals surface area (Å²) in [5, 5.41) is 0. The van der Waals surface area contributed by atoms with Crippen molar-refractivity contribution in [3.05, 3.63) is 0 Å². The maximum atomic E-state index is 2.99. The minimum atomic E-state index is 0.585. The third-order valence-corrected chi connectivity index (χ3v) is 4.55. The second kappa shape index (κ2) is 7.66. The lowest BCUT2D eigenvalue weighted by Crippen LogP contribution is -2.23. The summed E-state index contributed by atoms with van der Waals surface area (Å²) in [6, 6.07) is 0. The van der Waals surface area contributed by atoms with Crippen LogP contribution < -0.4 is 0 Å². The molecule has 4 unspecified atom stereocenters. The molecule has 0 nitrogen and oxygen atoms in total. The Balaban J connectivity index is 4.26. The Morgan fingerprint density at radius 2 is 1.80 bits per heavy atom. The first-order valence-electron chi connectivity index (χ1n) is 6.74. The van der Waals surface area contributed by atoms with Crippen LogP contribution in [0.3, 0.4) is 0 Å². The molecule has 0 aromatic carbocycles. The molecule has 0 aliphatic carbocycles. The topological polar surface area (TPSA) is 0 Å². The standard InChI is InChI=1S/C14H31P/c1-6-9-10-14(5,8-3)11-13(7-2)12(4)15/h12-13H,6-11,15H2,1-5H3. The van der Waals surface area contributed by atoms with Crippen molar-refractivity contribution in [3.8, 4) is 0 Å². The molecule has 92 valence electrons. The van der Waals surface area contributed by atoms with Gasteiger partial charge in [0.2, 0.25) is 0 Å². The summed E-state index contributed by atoms with van der Waals surface area (Å²) >= 11 is 0. The van der Waals surface area contributed by atoms with Gasteiger partial charge in [-0.05, 0) is 29.8 Å². The fourth-order valence-electron chi connectivity index (χ4n) is 2.36. The Labute approximate surface area is 99.8 Å². The number of hydrogen-bond acceptors (Lipinski definition) is 0. The van der Waals surface area contributed by atoms with E-state index >= 15 is 0 Å². The molecular weight excluding hydrogens is 199 g/mol. The molecule has 0 saturated carbocycles. The first kappa shape index (κ1) is 15.4. The number of rotatable bonds is 8. The molecule has 0 amide bonds. The quantitative estimate of drug-likeness (QED) is 0.498. The van der Waals surface area contributed by atoms with Crippen LogP contribution in [0.15, 0.2) is 0 Å². The molecule has 1 heteroatoms. The van der Waals surface area contributed by atoms with E-state index in [0.29, 0.717) is 5.41 Å². The summed E-state index contributed by atoms with van der Waals surface area (Å²) < 4.78 is 0. The van der Waals surface area contributed by atoms with Crippen LogP contribution in [0.5, 0.6) is 0 Å². The summed E-state index contributed by atoms with van der Waals surface area (Å²) in [7, 11) is 2.99. The normalized spacial score (nSPS) is 19.6. The second-order valence-electron chi connectivity index (χ2n) is 5.50. The Morgan fingerprint density at radius 3 is 2.13 bits per heavy atom. The molecule has 4 atom stereocenters. The van der Waals surface area contributed by atoms with Crippen LogP contribution in [0, 0.1) is 11.3 Å². The lowest BCUT2D eigenvalue weighted by molar-refractivity contribution is 0.202. The van der Waals surface area contributed by atoms with E-state index in [2.05, 4.69) is 43.9 Å². The highest BCUT2D eigenvalue weighted by Gasteiger charge is 2.26. The summed E-state index contributed by atoms with van der Waals surface area (Å²) in [5.41, 5.74) is 1.35. The van der Waals surface area contributed by atoms with Gasteiger partial charge in [0.25, 0.3) is 0 Å². The lowest BCUT2D eigenvalue weighted by Gasteiger charge is -2.34. The van der Waals surface area contributed by atoms with E-state index in [1.54, 1.807) is 0 Å². The van der Waals surface area contributed by atoms with Crippen molar-refractivity contribution < 1.29 is 0 Å². The zero-order valence-corrected chi connectivity index (χ0v) is 12.6. The largest absolute Gasteiger partial charge is 0.134 e. The Bertz CT molecular complexity index is 153. The van der Waals surface area contributed by atoms with Crippen molar-refractivity contribution in [2.45, 2.75) is 78.8 Å². The van der Waals surface area contributed by atoms with Gasteiger partial charge in [0, 0.05) is 0 Å². The highest BCUT2D eigenvalue weighted by molar-refractivity contribution is 7.17. The molecule has 0 bridgehead atoms. The van der Waals surface area contributed by atoms with E-state index in [1.165, 1.54) is 38.5 Å². The Morgan fingerprint density at radius 1 is 1.20 bits per heavy atom. The van der Waals surface area contributed by atoms with Gasteiger partial charge < -0.3 is 0 Å². The molecule has 0 N–H and O–H groups in total. The highest BCUT2D eigenvalue weighted by atomic mass is 31.0. The molecule has 0 rings (SSSR count).